The average Bonchev–Trinajstić information content (AvgIpc) is 2.96. The van der Waals surface area contributed by atoms with Crippen LogP contribution in [0.2, 0.25) is 5.28 Å². The number of nitrogens with zero attached hydrogens (tertiary/aromatic N) is 6. The van der Waals surface area contributed by atoms with Crippen LogP contribution < -0.4 is 5.32 Å². The van der Waals surface area contributed by atoms with Crippen LogP contribution in [0.25, 0.3) is 5.95 Å². The first kappa shape index (κ1) is 14.4. The highest BCUT2D eigenvalue weighted by Crippen LogP contribution is 2.08. The maximum Gasteiger partial charge on any atom is 0.258 e. The molecule has 0 saturated carbocycles. The van der Waals surface area contributed by atoms with E-state index in [4.69, 9.17) is 16.3 Å². The van der Waals surface area contributed by atoms with E-state index in [0.29, 0.717) is 31.7 Å². The first-order chi connectivity index (χ1) is 9.79. The van der Waals surface area contributed by atoms with Crippen LogP contribution >= 0.6 is 11.6 Å². The summed E-state index contributed by atoms with van der Waals surface area (Å²) in [7, 11) is 0. The SMILES string of the molecule is C=CCCOCCNc1nc(Cl)nc(-n2cncn2)n1. The van der Waals surface area contributed by atoms with Crippen LogP contribution in [0, 0.1) is 0 Å². The Bertz CT molecular complexity index is 546. The monoisotopic (exact) mass is 295 g/mol. The fraction of sp³-hybridized carbons (Fsp3) is 0.364. The molecule has 0 atom stereocenters. The van der Waals surface area contributed by atoms with Gasteiger partial charge in [-0.2, -0.15) is 24.7 Å². The average molecular weight is 296 g/mol. The standard InChI is InChI=1S/C11H14ClN7O/c1-2-3-5-20-6-4-14-10-16-9(12)17-11(18-10)19-8-13-7-15-19/h2,7-8H,1,3-6H2,(H,14,16,17,18). The van der Waals surface area contributed by atoms with Crippen molar-refractivity contribution < 1.29 is 4.74 Å². The van der Waals surface area contributed by atoms with Gasteiger partial charge in [-0.15, -0.1) is 6.58 Å². The van der Waals surface area contributed by atoms with Crippen molar-refractivity contribution in [2.45, 2.75) is 6.42 Å². The lowest BCUT2D eigenvalue weighted by Crippen LogP contribution is -2.14. The van der Waals surface area contributed by atoms with Crippen LogP contribution in [0.4, 0.5) is 5.95 Å². The van der Waals surface area contributed by atoms with Gasteiger partial charge >= 0.3 is 0 Å². The molecule has 0 spiro atoms. The van der Waals surface area contributed by atoms with Crippen LogP contribution in [0.15, 0.2) is 25.3 Å². The molecule has 20 heavy (non-hydrogen) atoms. The van der Waals surface area contributed by atoms with Gasteiger partial charge in [-0.1, -0.05) is 6.08 Å². The summed E-state index contributed by atoms with van der Waals surface area (Å²) in [5, 5.41) is 7.02. The quantitative estimate of drug-likeness (QED) is 0.576. The van der Waals surface area contributed by atoms with Crippen molar-refractivity contribution in [2.24, 2.45) is 0 Å². The summed E-state index contributed by atoms with van der Waals surface area (Å²) in [4.78, 5) is 15.9. The van der Waals surface area contributed by atoms with E-state index >= 15 is 0 Å². The number of halogens is 1. The maximum absolute atomic E-state index is 5.84. The number of anilines is 1. The van der Waals surface area contributed by atoms with Gasteiger partial charge in [0.25, 0.3) is 5.95 Å². The summed E-state index contributed by atoms with van der Waals surface area (Å²) in [6.07, 6.45) is 5.50. The molecule has 2 heterocycles. The lowest BCUT2D eigenvalue weighted by Gasteiger charge is -2.06. The predicted octanol–water partition coefficient (Wildman–Crippen LogP) is 1.11. The fourth-order valence-corrected chi connectivity index (χ4v) is 1.49. The molecular formula is C11H14ClN7O. The van der Waals surface area contributed by atoms with Gasteiger partial charge in [0.2, 0.25) is 11.2 Å². The highest BCUT2D eigenvalue weighted by Gasteiger charge is 2.06. The van der Waals surface area contributed by atoms with Crippen LogP contribution in [0.5, 0.6) is 0 Å². The third kappa shape index (κ3) is 4.25. The van der Waals surface area contributed by atoms with Crippen LogP contribution in [-0.4, -0.2) is 49.5 Å². The molecule has 9 heteroatoms. The first-order valence-corrected chi connectivity index (χ1v) is 6.36. The minimum atomic E-state index is 0.0839. The molecule has 0 radical (unpaired) electrons. The summed E-state index contributed by atoms with van der Waals surface area (Å²) < 4.78 is 6.77. The maximum atomic E-state index is 5.84. The van der Waals surface area contributed by atoms with E-state index in [1.54, 1.807) is 0 Å². The van der Waals surface area contributed by atoms with Gasteiger partial charge in [-0.05, 0) is 18.0 Å². The highest BCUT2D eigenvalue weighted by molar-refractivity contribution is 6.28. The molecule has 0 saturated heterocycles. The zero-order chi connectivity index (χ0) is 14.2. The largest absolute Gasteiger partial charge is 0.379 e. The van der Waals surface area contributed by atoms with E-state index in [0.717, 1.165) is 6.42 Å². The Morgan fingerprint density at radius 3 is 3.00 bits per heavy atom. The number of nitrogens with one attached hydrogen (secondary N) is 1. The third-order valence-electron chi connectivity index (χ3n) is 2.22. The Morgan fingerprint density at radius 2 is 2.25 bits per heavy atom. The zero-order valence-corrected chi connectivity index (χ0v) is 11.5. The summed E-state index contributed by atoms with van der Waals surface area (Å²) >= 11 is 5.84. The number of ether oxygens (including phenoxy) is 1. The van der Waals surface area contributed by atoms with Gasteiger partial charge in [-0.3, -0.25) is 0 Å². The van der Waals surface area contributed by atoms with Gasteiger partial charge < -0.3 is 10.1 Å². The van der Waals surface area contributed by atoms with Crippen molar-refractivity contribution in [1.82, 2.24) is 29.7 Å². The lowest BCUT2D eigenvalue weighted by molar-refractivity contribution is 0.148. The number of hydrogen-bond acceptors (Lipinski definition) is 7. The van der Waals surface area contributed by atoms with Gasteiger partial charge in [0.1, 0.15) is 12.7 Å². The van der Waals surface area contributed by atoms with E-state index in [1.165, 1.54) is 17.3 Å². The van der Waals surface area contributed by atoms with Crippen LogP contribution in [0.3, 0.4) is 0 Å². The third-order valence-corrected chi connectivity index (χ3v) is 2.38. The smallest absolute Gasteiger partial charge is 0.258 e. The molecule has 0 aromatic carbocycles. The number of rotatable bonds is 8. The summed E-state index contributed by atoms with van der Waals surface area (Å²) in [6.45, 7) is 5.37. The molecule has 0 amide bonds. The molecule has 106 valence electrons. The summed E-state index contributed by atoms with van der Waals surface area (Å²) in [5.41, 5.74) is 0. The Morgan fingerprint density at radius 1 is 1.35 bits per heavy atom. The topological polar surface area (TPSA) is 90.6 Å². The Labute approximate surface area is 120 Å². The number of hydrogen-bond donors (Lipinski definition) is 1. The summed E-state index contributed by atoms with van der Waals surface area (Å²) in [5.74, 6) is 0.667. The molecule has 1 N–H and O–H groups in total. The van der Waals surface area contributed by atoms with E-state index in [1.807, 2.05) is 6.08 Å². The van der Waals surface area contributed by atoms with Gasteiger partial charge in [0.15, 0.2) is 0 Å². The van der Waals surface area contributed by atoms with Crippen molar-refractivity contribution in [3.05, 3.63) is 30.6 Å². The van der Waals surface area contributed by atoms with Crippen molar-refractivity contribution in [1.29, 1.82) is 0 Å². The van der Waals surface area contributed by atoms with E-state index in [9.17, 15) is 0 Å². The van der Waals surface area contributed by atoms with Crippen LogP contribution in [0.1, 0.15) is 6.42 Å². The van der Waals surface area contributed by atoms with Gasteiger partial charge in [-0.25, -0.2) is 4.98 Å². The molecule has 0 fully saturated rings. The molecule has 2 aromatic rings. The fourth-order valence-electron chi connectivity index (χ4n) is 1.34. The Kier molecular flexibility index (Phi) is 5.39. The predicted molar refractivity (Wildman–Crippen MR) is 73.9 cm³/mol. The van der Waals surface area contributed by atoms with Crippen LogP contribution in [-0.2, 0) is 4.74 Å². The molecule has 0 aliphatic carbocycles. The second kappa shape index (κ2) is 7.51. The second-order valence-electron chi connectivity index (χ2n) is 3.68. The minimum Gasteiger partial charge on any atom is -0.379 e. The van der Waals surface area contributed by atoms with Crippen molar-refractivity contribution in [3.8, 4) is 5.95 Å². The van der Waals surface area contributed by atoms with Gasteiger partial charge in [0.05, 0.1) is 13.2 Å². The van der Waals surface area contributed by atoms with E-state index < -0.39 is 0 Å². The normalized spacial score (nSPS) is 10.4. The molecular weight excluding hydrogens is 282 g/mol. The highest BCUT2D eigenvalue weighted by atomic mass is 35.5. The molecule has 0 aliphatic heterocycles. The zero-order valence-electron chi connectivity index (χ0n) is 10.7. The van der Waals surface area contributed by atoms with Crippen molar-refractivity contribution in [2.75, 3.05) is 25.1 Å². The Hall–Kier alpha value is -2.06. The summed E-state index contributed by atoms with van der Waals surface area (Å²) in [6, 6.07) is 0. The lowest BCUT2D eigenvalue weighted by atomic mass is 10.4. The molecule has 0 aliphatic rings. The molecule has 2 rings (SSSR count). The minimum absolute atomic E-state index is 0.0839. The van der Waals surface area contributed by atoms with Crippen molar-refractivity contribution in [3.63, 3.8) is 0 Å². The Balaban J connectivity index is 1.90. The van der Waals surface area contributed by atoms with E-state index in [2.05, 4.69) is 36.9 Å². The first-order valence-electron chi connectivity index (χ1n) is 5.98. The molecule has 2 aromatic heterocycles. The van der Waals surface area contributed by atoms with E-state index in [-0.39, 0.29) is 5.28 Å². The number of aromatic nitrogens is 6. The molecule has 0 bridgehead atoms. The van der Waals surface area contributed by atoms with Crippen molar-refractivity contribution >= 4 is 17.5 Å². The molecule has 0 unspecified atom stereocenters. The second-order valence-corrected chi connectivity index (χ2v) is 4.02. The van der Waals surface area contributed by atoms with Gasteiger partial charge in [0, 0.05) is 6.54 Å². The molecule has 8 nitrogen and oxygen atoms in total.